The number of methoxy groups -OCH3 is 1. The fraction of sp³-hybridized carbons (Fsp3) is 0.143. The van der Waals surface area contributed by atoms with E-state index >= 15 is 0 Å². The van der Waals surface area contributed by atoms with E-state index in [1.54, 1.807) is 7.11 Å². The zero-order valence-corrected chi connectivity index (χ0v) is 13.4. The summed E-state index contributed by atoms with van der Waals surface area (Å²) in [6, 6.07) is 21.2. The van der Waals surface area contributed by atoms with Crippen LogP contribution in [0.2, 0.25) is 0 Å². The molecule has 0 unspecified atom stereocenters. The minimum Gasteiger partial charge on any atom is -0.496 e. The van der Waals surface area contributed by atoms with E-state index in [2.05, 4.69) is 72.6 Å². The predicted octanol–water partition coefficient (Wildman–Crippen LogP) is 5.56. The standard InChI is InChI=1S/C21H19NO/c1-3-15-19(23-2)13-17-16-11-7-8-12-18(16)22-21(17)20(15)14-9-5-4-6-10-14/h4-13,22H,3H2,1-2H3. The molecule has 1 heterocycles. The number of nitrogens with one attached hydrogen (secondary N) is 1. The number of para-hydroxylation sites is 1. The average Bonchev–Trinajstić information content (AvgIpc) is 2.98. The molecule has 0 amide bonds. The van der Waals surface area contributed by atoms with Gasteiger partial charge in [0.25, 0.3) is 0 Å². The third-order valence-electron chi connectivity index (χ3n) is 4.51. The molecule has 23 heavy (non-hydrogen) atoms. The van der Waals surface area contributed by atoms with Gasteiger partial charge in [-0.25, -0.2) is 0 Å². The van der Waals surface area contributed by atoms with Crippen LogP contribution in [0.5, 0.6) is 5.75 Å². The second-order valence-electron chi connectivity index (χ2n) is 5.75. The summed E-state index contributed by atoms with van der Waals surface area (Å²) >= 11 is 0. The van der Waals surface area contributed by atoms with Gasteiger partial charge in [-0.2, -0.15) is 0 Å². The van der Waals surface area contributed by atoms with E-state index in [0.717, 1.165) is 17.7 Å². The lowest BCUT2D eigenvalue weighted by Gasteiger charge is -2.14. The third kappa shape index (κ3) is 2.10. The zero-order chi connectivity index (χ0) is 15.8. The van der Waals surface area contributed by atoms with Crippen molar-refractivity contribution in [3.05, 3.63) is 66.2 Å². The van der Waals surface area contributed by atoms with E-state index < -0.39 is 0 Å². The fourth-order valence-corrected chi connectivity index (χ4v) is 3.46. The first kappa shape index (κ1) is 13.9. The van der Waals surface area contributed by atoms with Crippen molar-refractivity contribution in [3.63, 3.8) is 0 Å². The van der Waals surface area contributed by atoms with E-state index in [0.29, 0.717) is 0 Å². The van der Waals surface area contributed by atoms with Gasteiger partial charge in [-0.05, 0) is 24.1 Å². The second kappa shape index (κ2) is 5.47. The van der Waals surface area contributed by atoms with Crippen LogP contribution in [0.25, 0.3) is 32.9 Å². The number of benzene rings is 3. The predicted molar refractivity (Wildman–Crippen MR) is 97.2 cm³/mol. The maximum atomic E-state index is 5.71. The summed E-state index contributed by atoms with van der Waals surface area (Å²) in [5, 5.41) is 2.45. The van der Waals surface area contributed by atoms with Crippen LogP contribution < -0.4 is 4.74 Å². The first-order valence-electron chi connectivity index (χ1n) is 7.99. The molecule has 0 saturated heterocycles. The molecule has 114 valence electrons. The molecule has 0 aliphatic carbocycles. The molecule has 0 aliphatic rings. The molecule has 1 N–H and O–H groups in total. The lowest BCUT2D eigenvalue weighted by molar-refractivity contribution is 0.411. The number of fused-ring (bicyclic) bond motifs is 3. The molecule has 3 aromatic carbocycles. The van der Waals surface area contributed by atoms with Gasteiger partial charge in [0.15, 0.2) is 0 Å². The number of H-pyrrole nitrogens is 1. The number of hydrogen-bond donors (Lipinski definition) is 1. The van der Waals surface area contributed by atoms with Gasteiger partial charge in [0, 0.05) is 27.4 Å². The molecular formula is C21H19NO. The molecule has 0 saturated carbocycles. The SMILES string of the molecule is CCc1c(OC)cc2c([nH]c3ccccc32)c1-c1ccccc1. The van der Waals surface area contributed by atoms with Gasteiger partial charge in [0.2, 0.25) is 0 Å². The van der Waals surface area contributed by atoms with Gasteiger partial charge in [0.05, 0.1) is 12.6 Å². The Balaban J connectivity index is 2.20. The Labute approximate surface area is 135 Å². The van der Waals surface area contributed by atoms with Gasteiger partial charge in [-0.15, -0.1) is 0 Å². The Morgan fingerprint density at radius 3 is 2.39 bits per heavy atom. The topological polar surface area (TPSA) is 25.0 Å². The average molecular weight is 301 g/mol. The van der Waals surface area contributed by atoms with Crippen molar-refractivity contribution in [2.24, 2.45) is 0 Å². The Morgan fingerprint density at radius 1 is 0.913 bits per heavy atom. The second-order valence-corrected chi connectivity index (χ2v) is 5.75. The van der Waals surface area contributed by atoms with Crippen molar-refractivity contribution in [2.45, 2.75) is 13.3 Å². The van der Waals surface area contributed by atoms with Crippen LogP contribution in [0.1, 0.15) is 12.5 Å². The Kier molecular flexibility index (Phi) is 3.30. The van der Waals surface area contributed by atoms with Crippen molar-refractivity contribution < 1.29 is 4.74 Å². The lowest BCUT2D eigenvalue weighted by Crippen LogP contribution is -1.95. The van der Waals surface area contributed by atoms with Crippen LogP contribution in [-0.4, -0.2) is 12.1 Å². The number of ether oxygens (including phenoxy) is 1. The molecule has 2 heteroatoms. The van der Waals surface area contributed by atoms with Gasteiger partial charge in [-0.1, -0.05) is 55.5 Å². The van der Waals surface area contributed by atoms with E-state index in [4.69, 9.17) is 4.74 Å². The Hall–Kier alpha value is -2.74. The summed E-state index contributed by atoms with van der Waals surface area (Å²) in [4.78, 5) is 3.62. The molecule has 4 rings (SSSR count). The van der Waals surface area contributed by atoms with Crippen LogP contribution in [0.4, 0.5) is 0 Å². The smallest absolute Gasteiger partial charge is 0.123 e. The van der Waals surface area contributed by atoms with Crippen molar-refractivity contribution in [1.29, 1.82) is 0 Å². The zero-order valence-electron chi connectivity index (χ0n) is 13.4. The van der Waals surface area contributed by atoms with Crippen molar-refractivity contribution >= 4 is 21.8 Å². The number of hydrogen-bond acceptors (Lipinski definition) is 1. The monoisotopic (exact) mass is 301 g/mol. The highest BCUT2D eigenvalue weighted by molar-refractivity contribution is 6.13. The number of aromatic amines is 1. The molecule has 0 radical (unpaired) electrons. The summed E-state index contributed by atoms with van der Waals surface area (Å²) in [7, 11) is 1.75. The van der Waals surface area contributed by atoms with Crippen LogP contribution in [-0.2, 0) is 6.42 Å². The normalized spacial score (nSPS) is 11.2. The number of rotatable bonds is 3. The highest BCUT2D eigenvalue weighted by atomic mass is 16.5. The third-order valence-corrected chi connectivity index (χ3v) is 4.51. The quantitative estimate of drug-likeness (QED) is 0.526. The molecule has 0 atom stereocenters. The highest BCUT2D eigenvalue weighted by Crippen LogP contribution is 2.40. The molecule has 0 fully saturated rings. The summed E-state index contributed by atoms with van der Waals surface area (Å²) in [5.41, 5.74) is 6.07. The van der Waals surface area contributed by atoms with Crippen LogP contribution >= 0.6 is 0 Å². The van der Waals surface area contributed by atoms with Gasteiger partial charge in [-0.3, -0.25) is 0 Å². The van der Waals surface area contributed by atoms with Crippen LogP contribution in [0.15, 0.2) is 60.7 Å². The summed E-state index contributed by atoms with van der Waals surface area (Å²) in [5.74, 6) is 0.962. The molecule has 2 nitrogen and oxygen atoms in total. The van der Waals surface area contributed by atoms with Gasteiger partial charge in [0.1, 0.15) is 5.75 Å². The highest BCUT2D eigenvalue weighted by Gasteiger charge is 2.17. The number of aromatic nitrogens is 1. The Bertz CT molecular complexity index is 983. The van der Waals surface area contributed by atoms with E-state index in [1.807, 2.05) is 0 Å². The maximum Gasteiger partial charge on any atom is 0.123 e. The lowest BCUT2D eigenvalue weighted by atomic mass is 9.94. The largest absolute Gasteiger partial charge is 0.496 e. The van der Waals surface area contributed by atoms with Gasteiger partial charge >= 0.3 is 0 Å². The van der Waals surface area contributed by atoms with Crippen molar-refractivity contribution in [1.82, 2.24) is 4.98 Å². The summed E-state index contributed by atoms with van der Waals surface area (Å²) in [6.07, 6.45) is 0.929. The fourth-order valence-electron chi connectivity index (χ4n) is 3.46. The van der Waals surface area contributed by atoms with Crippen molar-refractivity contribution in [3.8, 4) is 16.9 Å². The van der Waals surface area contributed by atoms with E-state index in [9.17, 15) is 0 Å². The minimum absolute atomic E-state index is 0.929. The minimum atomic E-state index is 0.929. The van der Waals surface area contributed by atoms with E-state index in [1.165, 1.54) is 33.0 Å². The molecule has 1 aromatic heterocycles. The summed E-state index contributed by atoms with van der Waals surface area (Å²) < 4.78 is 5.71. The summed E-state index contributed by atoms with van der Waals surface area (Å²) in [6.45, 7) is 2.18. The van der Waals surface area contributed by atoms with Crippen molar-refractivity contribution in [2.75, 3.05) is 7.11 Å². The van der Waals surface area contributed by atoms with Gasteiger partial charge < -0.3 is 9.72 Å². The van der Waals surface area contributed by atoms with Crippen LogP contribution in [0.3, 0.4) is 0 Å². The molecule has 0 bridgehead atoms. The van der Waals surface area contributed by atoms with E-state index in [-0.39, 0.29) is 0 Å². The maximum absolute atomic E-state index is 5.71. The first-order valence-corrected chi connectivity index (χ1v) is 7.99. The Morgan fingerprint density at radius 2 is 1.65 bits per heavy atom. The molecule has 4 aromatic rings. The van der Waals surface area contributed by atoms with Crippen LogP contribution in [0, 0.1) is 0 Å². The molecule has 0 aliphatic heterocycles. The first-order chi connectivity index (χ1) is 11.3. The molecular weight excluding hydrogens is 282 g/mol. The molecule has 0 spiro atoms.